The van der Waals surface area contributed by atoms with E-state index in [-0.39, 0.29) is 11.7 Å². The number of nitrogens with zero attached hydrogens (tertiary/aromatic N) is 1. The number of rotatable bonds is 6. The molecule has 4 aromatic rings. The summed E-state index contributed by atoms with van der Waals surface area (Å²) in [5.74, 6) is 1.13. The zero-order valence-electron chi connectivity index (χ0n) is 15.9. The second kappa shape index (κ2) is 8.87. The Labute approximate surface area is 173 Å². The molecule has 6 heteroatoms. The Hall–Kier alpha value is -4.19. The highest BCUT2D eigenvalue weighted by molar-refractivity contribution is 6.07. The van der Waals surface area contributed by atoms with Gasteiger partial charge in [0.25, 0.3) is 5.91 Å². The van der Waals surface area contributed by atoms with E-state index in [0.29, 0.717) is 28.5 Å². The van der Waals surface area contributed by atoms with Crippen LogP contribution in [0.15, 0.2) is 97.2 Å². The van der Waals surface area contributed by atoms with Gasteiger partial charge in [-0.25, -0.2) is 9.37 Å². The number of hydrogen-bond acceptors (Lipinski definition) is 4. The molecule has 148 valence electrons. The molecule has 0 aliphatic rings. The second-order valence-electron chi connectivity index (χ2n) is 6.43. The van der Waals surface area contributed by atoms with Crippen molar-refractivity contribution in [2.24, 2.45) is 0 Å². The van der Waals surface area contributed by atoms with Crippen LogP contribution in [0.2, 0.25) is 0 Å². The predicted octanol–water partition coefficient (Wildman–Crippen LogP) is 6.01. The number of nitrogens with one attached hydrogen (secondary N) is 2. The van der Waals surface area contributed by atoms with Crippen molar-refractivity contribution in [3.63, 3.8) is 0 Å². The van der Waals surface area contributed by atoms with Gasteiger partial charge >= 0.3 is 0 Å². The fourth-order valence-electron chi connectivity index (χ4n) is 2.79. The summed E-state index contributed by atoms with van der Waals surface area (Å²) in [5.41, 5.74) is 1.62. The zero-order chi connectivity index (χ0) is 20.8. The van der Waals surface area contributed by atoms with Gasteiger partial charge in [-0.05, 0) is 72.8 Å². The van der Waals surface area contributed by atoms with E-state index in [9.17, 15) is 9.18 Å². The normalized spacial score (nSPS) is 10.3. The number of aromatic nitrogens is 1. The Morgan fingerprint density at radius 3 is 2.17 bits per heavy atom. The summed E-state index contributed by atoms with van der Waals surface area (Å²) in [6, 6.07) is 25.7. The lowest BCUT2D eigenvalue weighted by atomic mass is 10.2. The zero-order valence-corrected chi connectivity index (χ0v) is 15.9. The van der Waals surface area contributed by atoms with Crippen LogP contribution in [0.1, 0.15) is 10.4 Å². The molecule has 0 saturated carbocycles. The van der Waals surface area contributed by atoms with Crippen LogP contribution in [-0.4, -0.2) is 10.9 Å². The minimum Gasteiger partial charge on any atom is -0.457 e. The molecule has 30 heavy (non-hydrogen) atoms. The average Bonchev–Trinajstić information content (AvgIpc) is 2.78. The lowest BCUT2D eigenvalue weighted by Gasteiger charge is -2.12. The fraction of sp³-hybridized carbons (Fsp3) is 0. The number of ether oxygens (including phenoxy) is 1. The van der Waals surface area contributed by atoms with Gasteiger partial charge in [0.15, 0.2) is 0 Å². The van der Waals surface area contributed by atoms with Crippen LogP contribution < -0.4 is 15.4 Å². The summed E-state index contributed by atoms with van der Waals surface area (Å²) >= 11 is 0. The summed E-state index contributed by atoms with van der Waals surface area (Å²) in [6.07, 6.45) is 1.58. The lowest BCUT2D eigenvalue weighted by Crippen LogP contribution is -2.14. The van der Waals surface area contributed by atoms with E-state index >= 15 is 0 Å². The molecule has 0 unspecified atom stereocenters. The van der Waals surface area contributed by atoms with E-state index in [1.807, 2.05) is 30.3 Å². The third-order valence-electron chi connectivity index (χ3n) is 4.25. The molecule has 5 nitrogen and oxygen atoms in total. The van der Waals surface area contributed by atoms with E-state index in [2.05, 4.69) is 15.6 Å². The SMILES string of the molecule is O=C(Nc1ccc(Oc2ccccc2)cc1)c1cccnc1Nc1ccc(F)cc1. The summed E-state index contributed by atoms with van der Waals surface area (Å²) in [7, 11) is 0. The summed E-state index contributed by atoms with van der Waals surface area (Å²) < 4.78 is 18.9. The van der Waals surface area contributed by atoms with Gasteiger partial charge in [-0.15, -0.1) is 0 Å². The molecule has 4 rings (SSSR count). The van der Waals surface area contributed by atoms with Gasteiger partial charge in [0.2, 0.25) is 0 Å². The van der Waals surface area contributed by atoms with E-state index in [4.69, 9.17) is 4.74 Å². The maximum atomic E-state index is 13.1. The van der Waals surface area contributed by atoms with Crippen LogP contribution >= 0.6 is 0 Å². The average molecular weight is 399 g/mol. The van der Waals surface area contributed by atoms with Gasteiger partial charge in [-0.3, -0.25) is 4.79 Å². The topological polar surface area (TPSA) is 63.2 Å². The van der Waals surface area contributed by atoms with Crippen molar-refractivity contribution in [2.75, 3.05) is 10.6 Å². The highest BCUT2D eigenvalue weighted by Gasteiger charge is 2.13. The lowest BCUT2D eigenvalue weighted by molar-refractivity contribution is 0.102. The van der Waals surface area contributed by atoms with Crippen molar-refractivity contribution < 1.29 is 13.9 Å². The van der Waals surface area contributed by atoms with Crippen molar-refractivity contribution in [2.45, 2.75) is 0 Å². The first-order valence-corrected chi connectivity index (χ1v) is 9.29. The number of carbonyl (C=O) groups excluding carboxylic acids is 1. The molecule has 0 saturated heterocycles. The summed E-state index contributed by atoms with van der Waals surface area (Å²) in [4.78, 5) is 17.0. The molecule has 1 amide bonds. The van der Waals surface area contributed by atoms with Crippen LogP contribution in [0.4, 0.5) is 21.6 Å². The quantitative estimate of drug-likeness (QED) is 0.417. The Balaban J connectivity index is 1.45. The molecule has 0 atom stereocenters. The van der Waals surface area contributed by atoms with Gasteiger partial charge in [0.1, 0.15) is 23.1 Å². The van der Waals surface area contributed by atoms with Crippen LogP contribution in [0.25, 0.3) is 0 Å². The Kier molecular flexibility index (Phi) is 5.66. The molecule has 0 fully saturated rings. The Morgan fingerprint density at radius 2 is 1.43 bits per heavy atom. The van der Waals surface area contributed by atoms with Crippen molar-refractivity contribution >= 4 is 23.1 Å². The minimum atomic E-state index is -0.334. The van der Waals surface area contributed by atoms with Crippen molar-refractivity contribution in [1.82, 2.24) is 4.98 Å². The van der Waals surface area contributed by atoms with Crippen molar-refractivity contribution in [3.05, 3.63) is 109 Å². The molecular formula is C24H18FN3O2. The van der Waals surface area contributed by atoms with Crippen LogP contribution in [0.5, 0.6) is 11.5 Å². The Bertz CT molecular complexity index is 1130. The molecule has 0 bridgehead atoms. The van der Waals surface area contributed by atoms with Crippen LogP contribution in [0.3, 0.4) is 0 Å². The van der Waals surface area contributed by atoms with Crippen LogP contribution in [0, 0.1) is 5.82 Å². The first-order valence-electron chi connectivity index (χ1n) is 9.29. The maximum Gasteiger partial charge on any atom is 0.259 e. The Morgan fingerprint density at radius 1 is 0.767 bits per heavy atom. The third kappa shape index (κ3) is 4.80. The first kappa shape index (κ1) is 19.1. The van der Waals surface area contributed by atoms with E-state index in [1.165, 1.54) is 12.1 Å². The molecule has 0 radical (unpaired) electrons. The van der Waals surface area contributed by atoms with Gasteiger partial charge in [0, 0.05) is 17.6 Å². The first-order chi connectivity index (χ1) is 14.7. The molecular weight excluding hydrogens is 381 g/mol. The molecule has 0 aliphatic carbocycles. The molecule has 1 heterocycles. The number of halogens is 1. The van der Waals surface area contributed by atoms with Gasteiger partial charge in [0.05, 0.1) is 5.56 Å². The fourth-order valence-corrected chi connectivity index (χ4v) is 2.79. The molecule has 0 spiro atoms. The minimum absolute atomic E-state index is 0.315. The molecule has 1 aromatic heterocycles. The number of benzene rings is 3. The largest absolute Gasteiger partial charge is 0.457 e. The summed E-state index contributed by atoms with van der Waals surface area (Å²) in [6.45, 7) is 0. The maximum absolute atomic E-state index is 13.1. The van der Waals surface area contributed by atoms with E-state index < -0.39 is 0 Å². The standard InChI is InChI=1S/C24H18FN3O2/c25-17-8-10-18(11-9-17)27-23-22(7-4-16-26-23)24(29)28-19-12-14-21(15-13-19)30-20-5-2-1-3-6-20/h1-16H,(H,26,27)(H,28,29). The highest BCUT2D eigenvalue weighted by atomic mass is 19.1. The molecule has 3 aromatic carbocycles. The van der Waals surface area contributed by atoms with Gasteiger partial charge in [-0.1, -0.05) is 18.2 Å². The number of anilines is 3. The third-order valence-corrected chi connectivity index (χ3v) is 4.25. The summed E-state index contributed by atoms with van der Waals surface area (Å²) in [5, 5.41) is 5.89. The van der Waals surface area contributed by atoms with Crippen LogP contribution in [-0.2, 0) is 0 Å². The number of para-hydroxylation sites is 1. The number of hydrogen-bond donors (Lipinski definition) is 2. The second-order valence-corrected chi connectivity index (χ2v) is 6.43. The van der Waals surface area contributed by atoms with E-state index in [0.717, 1.165) is 5.75 Å². The van der Waals surface area contributed by atoms with Gasteiger partial charge in [-0.2, -0.15) is 0 Å². The monoisotopic (exact) mass is 399 g/mol. The number of amides is 1. The number of pyridine rings is 1. The molecule has 2 N–H and O–H groups in total. The predicted molar refractivity (Wildman–Crippen MR) is 115 cm³/mol. The smallest absolute Gasteiger partial charge is 0.259 e. The van der Waals surface area contributed by atoms with Gasteiger partial charge < -0.3 is 15.4 Å². The van der Waals surface area contributed by atoms with Crippen molar-refractivity contribution in [1.29, 1.82) is 0 Å². The molecule has 0 aliphatic heterocycles. The van der Waals surface area contributed by atoms with Crippen molar-refractivity contribution in [3.8, 4) is 11.5 Å². The highest BCUT2D eigenvalue weighted by Crippen LogP contribution is 2.24. The number of carbonyl (C=O) groups is 1. The van der Waals surface area contributed by atoms with E-state index in [1.54, 1.807) is 54.7 Å².